The zero-order valence-electron chi connectivity index (χ0n) is 14.9. The monoisotopic (exact) mass is 360 g/mol. The summed E-state index contributed by atoms with van der Waals surface area (Å²) in [5.41, 5.74) is 2.85. The Morgan fingerprint density at radius 2 is 1.92 bits per heavy atom. The molecule has 0 bridgehead atoms. The van der Waals surface area contributed by atoms with Gasteiger partial charge in [-0.25, -0.2) is 9.78 Å². The lowest BCUT2D eigenvalue weighted by molar-refractivity contribution is -0.124. The molecule has 0 saturated carbocycles. The van der Waals surface area contributed by atoms with Crippen LogP contribution in [0, 0.1) is 6.92 Å². The SMILES string of the molecule is CCCCNC(=O)COC(=O)c1sc(-c2ccc(CC)cc2)nc1C. The van der Waals surface area contributed by atoms with E-state index in [9.17, 15) is 9.59 Å². The number of benzene rings is 1. The zero-order valence-corrected chi connectivity index (χ0v) is 15.7. The number of nitrogens with one attached hydrogen (secondary N) is 1. The van der Waals surface area contributed by atoms with Crippen molar-refractivity contribution in [3.05, 3.63) is 40.4 Å². The molecule has 0 unspecified atom stereocenters. The third-order valence-electron chi connectivity index (χ3n) is 3.78. The minimum Gasteiger partial charge on any atom is -0.451 e. The number of aryl methyl sites for hydroxylation is 2. The van der Waals surface area contributed by atoms with Crippen LogP contribution in [0.3, 0.4) is 0 Å². The molecule has 1 amide bonds. The lowest BCUT2D eigenvalue weighted by Gasteiger charge is -2.05. The van der Waals surface area contributed by atoms with Crippen LogP contribution in [0.5, 0.6) is 0 Å². The van der Waals surface area contributed by atoms with Crippen molar-refractivity contribution >= 4 is 23.2 Å². The molecule has 2 rings (SSSR count). The summed E-state index contributed by atoms with van der Waals surface area (Å²) in [6.45, 7) is 6.27. The molecule has 5 nitrogen and oxygen atoms in total. The van der Waals surface area contributed by atoms with Crippen LogP contribution in [-0.2, 0) is 16.0 Å². The summed E-state index contributed by atoms with van der Waals surface area (Å²) in [6, 6.07) is 8.14. The van der Waals surface area contributed by atoms with Crippen molar-refractivity contribution in [3.8, 4) is 10.6 Å². The molecule has 1 N–H and O–H groups in total. The van der Waals surface area contributed by atoms with Crippen molar-refractivity contribution in [1.29, 1.82) is 0 Å². The summed E-state index contributed by atoms with van der Waals surface area (Å²) < 4.78 is 5.11. The summed E-state index contributed by atoms with van der Waals surface area (Å²) >= 11 is 1.29. The van der Waals surface area contributed by atoms with Crippen LogP contribution in [0.2, 0.25) is 0 Å². The predicted molar refractivity (Wildman–Crippen MR) is 99.9 cm³/mol. The molecule has 0 saturated heterocycles. The fourth-order valence-corrected chi connectivity index (χ4v) is 3.21. The van der Waals surface area contributed by atoms with Crippen LogP contribution in [0.1, 0.15) is 47.6 Å². The van der Waals surface area contributed by atoms with Gasteiger partial charge in [0.2, 0.25) is 0 Å². The Balaban J connectivity index is 1.98. The van der Waals surface area contributed by atoms with E-state index in [-0.39, 0.29) is 12.5 Å². The van der Waals surface area contributed by atoms with Gasteiger partial charge in [0.15, 0.2) is 6.61 Å². The van der Waals surface area contributed by atoms with E-state index in [1.54, 1.807) is 6.92 Å². The molecule has 0 aliphatic rings. The normalized spacial score (nSPS) is 10.5. The number of rotatable bonds is 8. The van der Waals surface area contributed by atoms with Gasteiger partial charge in [-0.1, -0.05) is 44.5 Å². The molecule has 6 heteroatoms. The number of hydrogen-bond acceptors (Lipinski definition) is 5. The van der Waals surface area contributed by atoms with E-state index in [0.717, 1.165) is 29.8 Å². The van der Waals surface area contributed by atoms with Crippen LogP contribution in [0.15, 0.2) is 24.3 Å². The second-order valence-corrected chi connectivity index (χ2v) is 6.76. The van der Waals surface area contributed by atoms with Crippen molar-refractivity contribution < 1.29 is 14.3 Å². The van der Waals surface area contributed by atoms with E-state index in [1.165, 1.54) is 16.9 Å². The number of nitrogens with zero attached hydrogens (tertiary/aromatic N) is 1. The van der Waals surface area contributed by atoms with Gasteiger partial charge < -0.3 is 10.1 Å². The Labute approximate surface area is 152 Å². The smallest absolute Gasteiger partial charge is 0.350 e. The van der Waals surface area contributed by atoms with E-state index in [4.69, 9.17) is 4.74 Å². The van der Waals surface area contributed by atoms with Crippen LogP contribution >= 0.6 is 11.3 Å². The largest absolute Gasteiger partial charge is 0.451 e. The second kappa shape index (κ2) is 9.32. The summed E-state index contributed by atoms with van der Waals surface area (Å²) in [5, 5.41) is 3.50. The highest BCUT2D eigenvalue weighted by molar-refractivity contribution is 7.17. The molecule has 2 aromatic rings. The third-order valence-corrected chi connectivity index (χ3v) is 4.96. The number of ether oxygens (including phenoxy) is 1. The summed E-state index contributed by atoms with van der Waals surface area (Å²) in [6.07, 6.45) is 2.89. The summed E-state index contributed by atoms with van der Waals surface area (Å²) in [5.74, 6) is -0.781. The van der Waals surface area contributed by atoms with E-state index >= 15 is 0 Å². The molecule has 1 aromatic heterocycles. The maximum Gasteiger partial charge on any atom is 0.350 e. The maximum atomic E-state index is 12.2. The predicted octanol–water partition coefficient (Wildman–Crippen LogP) is 3.75. The minimum atomic E-state index is -0.503. The zero-order chi connectivity index (χ0) is 18.2. The van der Waals surface area contributed by atoms with Gasteiger partial charge in [0.25, 0.3) is 5.91 Å². The van der Waals surface area contributed by atoms with Crippen LogP contribution in [0.4, 0.5) is 0 Å². The van der Waals surface area contributed by atoms with Gasteiger partial charge in [-0.2, -0.15) is 0 Å². The molecular formula is C19H24N2O3S. The standard InChI is InChI=1S/C19H24N2O3S/c1-4-6-11-20-16(22)12-24-19(23)17-13(3)21-18(25-17)15-9-7-14(5-2)8-10-15/h7-10H,4-6,11-12H2,1-3H3,(H,20,22). The molecule has 0 aliphatic heterocycles. The average molecular weight is 360 g/mol. The van der Waals surface area contributed by atoms with Crippen LogP contribution < -0.4 is 5.32 Å². The molecule has 0 spiro atoms. The molecule has 1 aromatic carbocycles. The van der Waals surface area contributed by atoms with Gasteiger partial charge in [0.1, 0.15) is 9.88 Å². The fraction of sp³-hybridized carbons (Fsp3) is 0.421. The maximum absolute atomic E-state index is 12.2. The number of carbonyl (C=O) groups excluding carboxylic acids is 2. The first-order valence-electron chi connectivity index (χ1n) is 8.55. The van der Waals surface area contributed by atoms with Gasteiger partial charge >= 0.3 is 5.97 Å². The molecule has 0 atom stereocenters. The highest BCUT2D eigenvalue weighted by Gasteiger charge is 2.18. The van der Waals surface area contributed by atoms with Gasteiger partial charge in [-0.15, -0.1) is 11.3 Å². The van der Waals surface area contributed by atoms with Crippen molar-refractivity contribution in [2.24, 2.45) is 0 Å². The van der Waals surface area contributed by atoms with E-state index in [2.05, 4.69) is 29.4 Å². The number of unbranched alkanes of at least 4 members (excludes halogenated alkanes) is 1. The molecule has 25 heavy (non-hydrogen) atoms. The number of carbonyl (C=O) groups is 2. The number of thiazole rings is 1. The minimum absolute atomic E-state index is 0.263. The highest BCUT2D eigenvalue weighted by atomic mass is 32.1. The molecule has 134 valence electrons. The topological polar surface area (TPSA) is 68.3 Å². The van der Waals surface area contributed by atoms with Crippen LogP contribution in [0.25, 0.3) is 10.6 Å². The van der Waals surface area contributed by atoms with Gasteiger partial charge in [-0.3, -0.25) is 4.79 Å². The summed E-state index contributed by atoms with van der Waals surface area (Å²) in [4.78, 5) is 28.7. The first-order chi connectivity index (χ1) is 12.0. The average Bonchev–Trinajstić information content (AvgIpc) is 3.02. The summed E-state index contributed by atoms with van der Waals surface area (Å²) in [7, 11) is 0. The molecule has 0 fully saturated rings. The quantitative estimate of drug-likeness (QED) is 0.575. The fourth-order valence-electron chi connectivity index (χ4n) is 2.24. The Morgan fingerprint density at radius 1 is 1.20 bits per heavy atom. The Hall–Kier alpha value is -2.21. The molecule has 0 aliphatic carbocycles. The van der Waals surface area contributed by atoms with E-state index in [0.29, 0.717) is 17.1 Å². The lowest BCUT2D eigenvalue weighted by atomic mass is 10.1. The second-order valence-electron chi connectivity index (χ2n) is 5.76. The van der Waals surface area contributed by atoms with Gasteiger partial charge in [0.05, 0.1) is 5.69 Å². The number of amides is 1. The molecular weight excluding hydrogens is 336 g/mol. The highest BCUT2D eigenvalue weighted by Crippen LogP contribution is 2.28. The van der Waals surface area contributed by atoms with Gasteiger partial charge in [-0.05, 0) is 25.3 Å². The van der Waals surface area contributed by atoms with Crippen molar-refractivity contribution in [3.63, 3.8) is 0 Å². The van der Waals surface area contributed by atoms with Crippen LogP contribution in [-0.4, -0.2) is 30.0 Å². The Morgan fingerprint density at radius 3 is 2.56 bits per heavy atom. The number of aromatic nitrogens is 1. The first kappa shape index (κ1) is 19.1. The number of esters is 1. The third kappa shape index (κ3) is 5.39. The molecule has 0 radical (unpaired) electrons. The number of hydrogen-bond donors (Lipinski definition) is 1. The Kier molecular flexibility index (Phi) is 7.13. The van der Waals surface area contributed by atoms with Crippen molar-refractivity contribution in [1.82, 2.24) is 10.3 Å². The van der Waals surface area contributed by atoms with E-state index in [1.807, 2.05) is 19.1 Å². The lowest BCUT2D eigenvalue weighted by Crippen LogP contribution is -2.29. The van der Waals surface area contributed by atoms with Crippen molar-refractivity contribution in [2.75, 3.05) is 13.2 Å². The van der Waals surface area contributed by atoms with Gasteiger partial charge in [0, 0.05) is 12.1 Å². The Bertz CT molecular complexity index is 723. The molecule has 1 heterocycles. The first-order valence-corrected chi connectivity index (χ1v) is 9.37. The van der Waals surface area contributed by atoms with Crippen molar-refractivity contribution in [2.45, 2.75) is 40.0 Å². The van der Waals surface area contributed by atoms with E-state index < -0.39 is 5.97 Å².